The van der Waals surface area contributed by atoms with Crippen molar-refractivity contribution in [2.24, 2.45) is 11.7 Å². The lowest BCUT2D eigenvalue weighted by atomic mass is 9.95. The minimum absolute atomic E-state index is 0.0305. The lowest BCUT2D eigenvalue weighted by molar-refractivity contribution is -0.139. The van der Waals surface area contributed by atoms with Crippen LogP contribution in [0.3, 0.4) is 0 Å². The molecule has 0 saturated carbocycles. The van der Waals surface area contributed by atoms with E-state index in [0.717, 1.165) is 6.07 Å². The third kappa shape index (κ3) is 3.78. The Hall–Kier alpha value is -2.05. The van der Waals surface area contributed by atoms with Crippen LogP contribution in [0.4, 0.5) is 13.2 Å². The molecule has 1 heterocycles. The first-order valence-corrected chi connectivity index (χ1v) is 7.01. The largest absolute Gasteiger partial charge is 0.416 e. The number of piperidine rings is 1. The maximum atomic E-state index is 12.9. The van der Waals surface area contributed by atoms with Gasteiger partial charge in [-0.25, -0.2) is 0 Å². The molecule has 0 aromatic heterocycles. The molecule has 1 fully saturated rings. The van der Waals surface area contributed by atoms with E-state index in [0.29, 0.717) is 25.9 Å². The summed E-state index contributed by atoms with van der Waals surface area (Å²) < 4.78 is 38.7. The zero-order valence-electron chi connectivity index (χ0n) is 11.9. The fourth-order valence-electron chi connectivity index (χ4n) is 2.64. The highest BCUT2D eigenvalue weighted by atomic mass is 19.4. The number of nitrogens with zero attached hydrogens (tertiary/aromatic N) is 1. The maximum Gasteiger partial charge on any atom is 0.416 e. The molecule has 0 aliphatic carbocycles. The molecule has 1 aromatic carbocycles. The highest BCUT2D eigenvalue weighted by molar-refractivity contribution is 5.80. The molecular weight excluding hydrogens is 297 g/mol. The first-order valence-electron chi connectivity index (χ1n) is 7.01. The van der Waals surface area contributed by atoms with E-state index in [1.54, 1.807) is 0 Å². The summed E-state index contributed by atoms with van der Waals surface area (Å²) in [4.78, 5) is 24.7. The Morgan fingerprint density at radius 3 is 2.32 bits per heavy atom. The van der Waals surface area contributed by atoms with Gasteiger partial charge < -0.3 is 10.6 Å². The smallest absolute Gasteiger partial charge is 0.369 e. The van der Waals surface area contributed by atoms with Crippen LogP contribution in [-0.2, 0) is 22.2 Å². The van der Waals surface area contributed by atoms with Gasteiger partial charge in [0.05, 0.1) is 12.0 Å². The van der Waals surface area contributed by atoms with Crippen molar-refractivity contribution in [2.75, 3.05) is 13.1 Å². The van der Waals surface area contributed by atoms with Crippen LogP contribution in [0, 0.1) is 5.92 Å². The Bertz CT molecular complexity index is 564. The molecule has 1 aromatic rings. The van der Waals surface area contributed by atoms with E-state index in [1.807, 2.05) is 0 Å². The highest BCUT2D eigenvalue weighted by Gasteiger charge is 2.34. The van der Waals surface area contributed by atoms with Crippen LogP contribution in [0.15, 0.2) is 24.3 Å². The molecule has 0 spiro atoms. The quantitative estimate of drug-likeness (QED) is 0.927. The molecule has 22 heavy (non-hydrogen) atoms. The zero-order chi connectivity index (χ0) is 16.3. The van der Waals surface area contributed by atoms with Gasteiger partial charge in [-0.05, 0) is 24.5 Å². The summed E-state index contributed by atoms with van der Waals surface area (Å²) in [5.41, 5.74) is 4.40. The van der Waals surface area contributed by atoms with E-state index in [1.165, 1.54) is 23.1 Å². The molecule has 2 N–H and O–H groups in total. The number of nitrogens with two attached hydrogens (primary N) is 1. The Labute approximate surface area is 126 Å². The predicted molar refractivity (Wildman–Crippen MR) is 73.6 cm³/mol. The number of carbonyl (C=O) groups is 2. The van der Waals surface area contributed by atoms with E-state index in [9.17, 15) is 22.8 Å². The molecule has 1 aliphatic heterocycles. The van der Waals surface area contributed by atoms with Gasteiger partial charge in [-0.3, -0.25) is 9.59 Å². The molecule has 2 rings (SSSR count). The van der Waals surface area contributed by atoms with Gasteiger partial charge in [0.15, 0.2) is 0 Å². The number of alkyl halides is 3. The Balaban J connectivity index is 2.03. The van der Waals surface area contributed by atoms with Gasteiger partial charge in [0.25, 0.3) is 0 Å². The summed E-state index contributed by atoms with van der Waals surface area (Å²) in [7, 11) is 0. The molecule has 7 heteroatoms. The normalized spacial score (nSPS) is 16.6. The maximum absolute atomic E-state index is 12.9. The van der Waals surface area contributed by atoms with Gasteiger partial charge in [0.1, 0.15) is 0 Å². The summed E-state index contributed by atoms with van der Waals surface area (Å²) in [6.45, 7) is 0.696. The molecule has 0 unspecified atom stereocenters. The second-order valence-corrected chi connectivity index (χ2v) is 5.39. The van der Waals surface area contributed by atoms with Crippen LogP contribution in [0.5, 0.6) is 0 Å². The summed E-state index contributed by atoms with van der Waals surface area (Å²) in [6, 6.07) is 5.07. The lowest BCUT2D eigenvalue weighted by Crippen LogP contribution is -2.42. The van der Waals surface area contributed by atoms with Crippen LogP contribution in [0.1, 0.15) is 24.0 Å². The van der Waals surface area contributed by atoms with Crippen LogP contribution >= 0.6 is 0 Å². The lowest BCUT2D eigenvalue weighted by Gasteiger charge is -2.30. The highest BCUT2D eigenvalue weighted by Crippen LogP contribution is 2.32. The van der Waals surface area contributed by atoms with Crippen molar-refractivity contribution in [3.63, 3.8) is 0 Å². The summed E-state index contributed by atoms with van der Waals surface area (Å²) in [5, 5.41) is 0. The van der Waals surface area contributed by atoms with E-state index in [2.05, 4.69) is 0 Å². The monoisotopic (exact) mass is 314 g/mol. The molecule has 120 valence electrons. The Kier molecular flexibility index (Phi) is 4.73. The van der Waals surface area contributed by atoms with Gasteiger partial charge in [-0.15, -0.1) is 0 Å². The van der Waals surface area contributed by atoms with Gasteiger partial charge in [0, 0.05) is 19.0 Å². The van der Waals surface area contributed by atoms with Crippen molar-refractivity contribution in [1.29, 1.82) is 0 Å². The molecule has 4 nitrogen and oxygen atoms in total. The van der Waals surface area contributed by atoms with Gasteiger partial charge in [-0.2, -0.15) is 13.2 Å². The van der Waals surface area contributed by atoms with Crippen molar-refractivity contribution in [3.8, 4) is 0 Å². The number of likely N-dealkylation sites (tertiary alicyclic amines) is 1. The predicted octanol–water partition coefficient (Wildman–Crippen LogP) is 1.97. The molecule has 2 amide bonds. The average Bonchev–Trinajstić information content (AvgIpc) is 2.46. The second kappa shape index (κ2) is 6.37. The topological polar surface area (TPSA) is 63.4 Å². The fraction of sp³-hybridized carbons (Fsp3) is 0.467. The number of amides is 2. The first kappa shape index (κ1) is 16.3. The Morgan fingerprint density at radius 1 is 1.18 bits per heavy atom. The minimum Gasteiger partial charge on any atom is -0.369 e. The summed E-state index contributed by atoms with van der Waals surface area (Å²) in [6.07, 6.45) is -3.85. The van der Waals surface area contributed by atoms with Gasteiger partial charge >= 0.3 is 6.18 Å². The van der Waals surface area contributed by atoms with Crippen LogP contribution < -0.4 is 5.73 Å². The molecular formula is C15H17F3N2O2. The average molecular weight is 314 g/mol. The number of benzene rings is 1. The van der Waals surface area contributed by atoms with Crippen LogP contribution in [-0.4, -0.2) is 29.8 Å². The van der Waals surface area contributed by atoms with Crippen LogP contribution in [0.2, 0.25) is 0 Å². The molecule has 0 bridgehead atoms. The summed E-state index contributed by atoms with van der Waals surface area (Å²) >= 11 is 0. The van der Waals surface area contributed by atoms with Crippen LogP contribution in [0.25, 0.3) is 0 Å². The standard InChI is InChI=1S/C15H17F3N2O2/c16-15(17,18)12-4-2-1-3-11(12)9-13(21)20-7-5-10(6-8-20)14(19)22/h1-4,10H,5-9H2,(H2,19,22). The Morgan fingerprint density at radius 2 is 1.77 bits per heavy atom. The van der Waals surface area contributed by atoms with Crippen molar-refractivity contribution in [2.45, 2.75) is 25.4 Å². The van der Waals surface area contributed by atoms with Gasteiger partial charge in [0.2, 0.25) is 11.8 Å². The van der Waals surface area contributed by atoms with E-state index in [-0.39, 0.29) is 23.8 Å². The SMILES string of the molecule is NC(=O)C1CCN(C(=O)Cc2ccccc2C(F)(F)F)CC1. The first-order chi connectivity index (χ1) is 10.3. The third-order valence-corrected chi connectivity index (χ3v) is 3.91. The molecule has 0 radical (unpaired) electrons. The van der Waals surface area contributed by atoms with Gasteiger partial charge in [-0.1, -0.05) is 18.2 Å². The molecule has 1 aliphatic rings. The number of rotatable bonds is 3. The number of hydrogen-bond acceptors (Lipinski definition) is 2. The van der Waals surface area contributed by atoms with E-state index < -0.39 is 17.6 Å². The van der Waals surface area contributed by atoms with Crippen molar-refractivity contribution in [3.05, 3.63) is 35.4 Å². The zero-order valence-corrected chi connectivity index (χ0v) is 11.9. The van der Waals surface area contributed by atoms with Crippen molar-refractivity contribution < 1.29 is 22.8 Å². The number of halogens is 3. The number of carbonyl (C=O) groups excluding carboxylic acids is 2. The third-order valence-electron chi connectivity index (χ3n) is 3.91. The van der Waals surface area contributed by atoms with E-state index >= 15 is 0 Å². The number of primary amides is 1. The molecule has 1 saturated heterocycles. The van der Waals surface area contributed by atoms with Crippen molar-refractivity contribution in [1.82, 2.24) is 4.90 Å². The second-order valence-electron chi connectivity index (χ2n) is 5.39. The minimum atomic E-state index is -4.48. The number of hydrogen-bond donors (Lipinski definition) is 1. The van der Waals surface area contributed by atoms with E-state index in [4.69, 9.17) is 5.73 Å². The fourth-order valence-corrected chi connectivity index (χ4v) is 2.64. The summed E-state index contributed by atoms with van der Waals surface area (Å²) in [5.74, 6) is -1.01. The van der Waals surface area contributed by atoms with Crippen molar-refractivity contribution >= 4 is 11.8 Å². The molecule has 0 atom stereocenters.